The summed E-state index contributed by atoms with van der Waals surface area (Å²) in [5, 5.41) is 5.79. The molecule has 0 aliphatic heterocycles. The van der Waals surface area contributed by atoms with Gasteiger partial charge >= 0.3 is 0 Å². The van der Waals surface area contributed by atoms with Gasteiger partial charge in [0, 0.05) is 18.1 Å². The molecule has 0 fully saturated rings. The van der Waals surface area contributed by atoms with Gasteiger partial charge in [-0.05, 0) is 54.1 Å². The van der Waals surface area contributed by atoms with Crippen LogP contribution in [0.15, 0.2) is 97.3 Å². The first-order valence-corrected chi connectivity index (χ1v) is 10.1. The minimum absolute atomic E-state index is 0.144. The summed E-state index contributed by atoms with van der Waals surface area (Å²) in [6.45, 7) is -0.148. The number of amides is 1. The SMILES string of the molecule is O=C(NCC(F)c1ccccc1)c1cccnc1Oc1ccc(Nc2ccccn2)cc1. The van der Waals surface area contributed by atoms with Gasteiger partial charge in [-0.1, -0.05) is 36.4 Å². The number of hydrogen-bond donors (Lipinski definition) is 2. The third-order valence-corrected chi connectivity index (χ3v) is 4.63. The molecule has 2 heterocycles. The fraction of sp³-hybridized carbons (Fsp3) is 0.0800. The van der Waals surface area contributed by atoms with E-state index in [1.54, 1.807) is 54.7 Å². The van der Waals surface area contributed by atoms with Crippen LogP contribution in [0.5, 0.6) is 11.6 Å². The van der Waals surface area contributed by atoms with Gasteiger partial charge in [0.2, 0.25) is 5.88 Å². The number of carbonyl (C=O) groups excluding carboxylic acids is 1. The van der Waals surface area contributed by atoms with Crippen LogP contribution in [0.4, 0.5) is 15.9 Å². The van der Waals surface area contributed by atoms with E-state index in [0.29, 0.717) is 11.3 Å². The summed E-state index contributed by atoms with van der Waals surface area (Å²) in [5.74, 6) is 0.925. The zero-order chi connectivity index (χ0) is 22.2. The summed E-state index contributed by atoms with van der Waals surface area (Å²) in [5.41, 5.74) is 1.57. The largest absolute Gasteiger partial charge is 0.438 e. The van der Waals surface area contributed by atoms with Gasteiger partial charge < -0.3 is 15.4 Å². The molecule has 2 aromatic carbocycles. The molecule has 0 aliphatic rings. The van der Waals surface area contributed by atoms with Crippen molar-refractivity contribution in [2.45, 2.75) is 6.17 Å². The quantitative estimate of drug-likeness (QED) is 0.390. The van der Waals surface area contributed by atoms with Gasteiger partial charge in [-0.25, -0.2) is 14.4 Å². The van der Waals surface area contributed by atoms with E-state index in [-0.39, 0.29) is 18.0 Å². The molecular weight excluding hydrogens is 407 g/mol. The first-order valence-electron chi connectivity index (χ1n) is 10.1. The smallest absolute Gasteiger partial charge is 0.256 e. The third-order valence-electron chi connectivity index (χ3n) is 4.63. The molecule has 0 spiro atoms. The first kappa shape index (κ1) is 21.0. The van der Waals surface area contributed by atoms with Crippen molar-refractivity contribution in [2.75, 3.05) is 11.9 Å². The van der Waals surface area contributed by atoms with E-state index < -0.39 is 12.1 Å². The first-order chi connectivity index (χ1) is 15.7. The highest BCUT2D eigenvalue weighted by atomic mass is 19.1. The predicted molar refractivity (Wildman–Crippen MR) is 121 cm³/mol. The van der Waals surface area contributed by atoms with Crippen molar-refractivity contribution in [3.05, 3.63) is 108 Å². The van der Waals surface area contributed by atoms with Crippen molar-refractivity contribution in [1.82, 2.24) is 15.3 Å². The third kappa shape index (κ3) is 5.46. The van der Waals surface area contributed by atoms with E-state index in [9.17, 15) is 9.18 Å². The Morgan fingerprint density at radius 2 is 1.62 bits per heavy atom. The lowest BCUT2D eigenvalue weighted by Gasteiger charge is -2.13. The van der Waals surface area contributed by atoms with Gasteiger partial charge in [0.15, 0.2) is 0 Å². The highest BCUT2D eigenvalue weighted by Gasteiger charge is 2.17. The zero-order valence-corrected chi connectivity index (χ0v) is 17.1. The Labute approximate surface area is 185 Å². The summed E-state index contributed by atoms with van der Waals surface area (Å²) in [6, 6.07) is 24.7. The van der Waals surface area contributed by atoms with Crippen molar-refractivity contribution in [3.63, 3.8) is 0 Å². The molecule has 0 saturated carbocycles. The molecule has 0 radical (unpaired) electrons. The van der Waals surface area contributed by atoms with Crippen molar-refractivity contribution < 1.29 is 13.9 Å². The van der Waals surface area contributed by atoms with Gasteiger partial charge in [-0.15, -0.1) is 0 Å². The minimum Gasteiger partial charge on any atom is -0.438 e. The molecule has 32 heavy (non-hydrogen) atoms. The summed E-state index contributed by atoms with van der Waals surface area (Å²) in [4.78, 5) is 21.0. The van der Waals surface area contributed by atoms with Crippen molar-refractivity contribution in [1.29, 1.82) is 0 Å². The monoisotopic (exact) mass is 428 g/mol. The number of nitrogens with zero attached hydrogens (tertiary/aromatic N) is 2. The Morgan fingerprint density at radius 1 is 0.875 bits per heavy atom. The fourth-order valence-corrected chi connectivity index (χ4v) is 3.00. The summed E-state index contributed by atoms with van der Waals surface area (Å²) in [6.07, 6.45) is 1.93. The molecule has 1 atom stereocenters. The van der Waals surface area contributed by atoms with E-state index in [1.807, 2.05) is 36.4 Å². The number of rotatable bonds is 8. The average molecular weight is 428 g/mol. The van der Waals surface area contributed by atoms with Crippen LogP contribution in [-0.2, 0) is 0 Å². The highest BCUT2D eigenvalue weighted by molar-refractivity contribution is 5.96. The number of aromatic nitrogens is 2. The number of halogens is 1. The number of alkyl halides is 1. The molecule has 4 rings (SSSR count). The van der Waals surface area contributed by atoms with Crippen molar-refractivity contribution in [2.24, 2.45) is 0 Å². The zero-order valence-electron chi connectivity index (χ0n) is 17.1. The van der Waals surface area contributed by atoms with Crippen LogP contribution in [0.25, 0.3) is 0 Å². The average Bonchev–Trinajstić information content (AvgIpc) is 2.85. The number of carbonyl (C=O) groups is 1. The second-order valence-corrected chi connectivity index (χ2v) is 6.91. The fourth-order valence-electron chi connectivity index (χ4n) is 3.00. The predicted octanol–water partition coefficient (Wildman–Crippen LogP) is 5.45. The van der Waals surface area contributed by atoms with Gasteiger partial charge in [0.05, 0.1) is 6.54 Å². The molecule has 4 aromatic rings. The molecule has 160 valence electrons. The second-order valence-electron chi connectivity index (χ2n) is 6.91. The molecule has 6 nitrogen and oxygen atoms in total. The summed E-state index contributed by atoms with van der Waals surface area (Å²) < 4.78 is 20.2. The number of hydrogen-bond acceptors (Lipinski definition) is 5. The van der Waals surface area contributed by atoms with Crippen molar-refractivity contribution >= 4 is 17.4 Å². The molecule has 0 aliphatic carbocycles. The minimum atomic E-state index is -1.31. The topological polar surface area (TPSA) is 76.1 Å². The number of nitrogens with one attached hydrogen (secondary N) is 2. The maximum atomic E-state index is 14.4. The van der Waals surface area contributed by atoms with Gasteiger partial charge in [-0.2, -0.15) is 0 Å². The lowest BCUT2D eigenvalue weighted by atomic mass is 10.1. The van der Waals surface area contributed by atoms with Crippen LogP contribution < -0.4 is 15.4 Å². The summed E-state index contributed by atoms with van der Waals surface area (Å²) >= 11 is 0. The summed E-state index contributed by atoms with van der Waals surface area (Å²) in [7, 11) is 0. The molecule has 7 heteroatoms. The number of anilines is 2. The van der Waals surface area contributed by atoms with E-state index in [4.69, 9.17) is 4.74 Å². The van der Waals surface area contributed by atoms with E-state index in [0.717, 1.165) is 11.5 Å². The molecule has 0 saturated heterocycles. The molecule has 1 amide bonds. The van der Waals surface area contributed by atoms with Crippen LogP contribution in [0.3, 0.4) is 0 Å². The van der Waals surface area contributed by atoms with Crippen LogP contribution in [-0.4, -0.2) is 22.4 Å². The molecule has 0 bridgehead atoms. The van der Waals surface area contributed by atoms with Crippen LogP contribution in [0.2, 0.25) is 0 Å². The van der Waals surface area contributed by atoms with Gasteiger partial charge in [0.25, 0.3) is 5.91 Å². The van der Waals surface area contributed by atoms with Gasteiger partial charge in [0.1, 0.15) is 23.3 Å². The Kier molecular flexibility index (Phi) is 6.67. The number of ether oxygens (including phenoxy) is 1. The Hall–Kier alpha value is -4.26. The second kappa shape index (κ2) is 10.2. The Bertz CT molecular complexity index is 1160. The normalized spacial score (nSPS) is 11.4. The number of pyridine rings is 2. The lowest BCUT2D eigenvalue weighted by Crippen LogP contribution is -2.27. The molecule has 1 unspecified atom stereocenters. The maximum Gasteiger partial charge on any atom is 0.256 e. The highest BCUT2D eigenvalue weighted by Crippen LogP contribution is 2.25. The van der Waals surface area contributed by atoms with Crippen LogP contribution in [0, 0.1) is 0 Å². The van der Waals surface area contributed by atoms with Crippen molar-refractivity contribution in [3.8, 4) is 11.6 Å². The van der Waals surface area contributed by atoms with Crippen LogP contribution in [0.1, 0.15) is 22.1 Å². The van der Waals surface area contributed by atoms with Gasteiger partial charge in [-0.3, -0.25) is 4.79 Å². The van der Waals surface area contributed by atoms with Crippen LogP contribution >= 0.6 is 0 Å². The Balaban J connectivity index is 1.40. The standard InChI is InChI=1S/C25H21FN4O2/c26-22(18-7-2-1-3-8-18)17-29-24(31)21-9-6-16-28-25(21)32-20-13-11-19(12-14-20)30-23-10-4-5-15-27-23/h1-16,22H,17H2,(H,27,30)(H,29,31). The van der Waals surface area contributed by atoms with E-state index >= 15 is 0 Å². The molecular formula is C25H21FN4O2. The van der Waals surface area contributed by atoms with E-state index in [1.165, 1.54) is 6.20 Å². The van der Waals surface area contributed by atoms with E-state index in [2.05, 4.69) is 20.6 Å². The Morgan fingerprint density at radius 3 is 2.38 bits per heavy atom. The lowest BCUT2D eigenvalue weighted by molar-refractivity contribution is 0.0939. The molecule has 2 N–H and O–H groups in total. The molecule has 2 aromatic heterocycles. The number of benzene rings is 2. The maximum absolute atomic E-state index is 14.4.